The maximum absolute atomic E-state index is 11.6. The van der Waals surface area contributed by atoms with Crippen molar-refractivity contribution < 1.29 is 21.2 Å². The summed E-state index contributed by atoms with van der Waals surface area (Å²) in [5.41, 5.74) is -0.987. The van der Waals surface area contributed by atoms with Crippen LogP contribution in [-0.2, 0) is 9.53 Å². The lowest BCUT2D eigenvalue weighted by molar-refractivity contribution is -0.108. The molecule has 0 saturated carbocycles. The zero-order chi connectivity index (χ0) is 14.1. The molecule has 0 aromatic carbocycles. The lowest BCUT2D eigenvalue weighted by atomic mass is 10.2. The average Bonchev–Trinajstić information content (AvgIpc) is 1.96. The quantitative estimate of drug-likeness (QED) is 0.594. The molecule has 0 rings (SSSR count). The van der Waals surface area contributed by atoms with Crippen LogP contribution in [0.3, 0.4) is 0 Å². The second-order valence-electron chi connectivity index (χ2n) is 3.06. The number of aldehydes is 1. The summed E-state index contributed by atoms with van der Waals surface area (Å²) in [6.07, 6.45) is -1.67. The van der Waals surface area contributed by atoms with Crippen LogP contribution in [-0.4, -0.2) is 36.4 Å². The number of rotatable bonds is 2. The molecule has 0 aliphatic rings. The van der Waals surface area contributed by atoms with Crippen LogP contribution in [0.25, 0.3) is 0 Å². The van der Waals surface area contributed by atoms with E-state index < -0.39 is 25.2 Å². The van der Waals surface area contributed by atoms with Crippen molar-refractivity contribution in [3.63, 3.8) is 0 Å². The number of hydrogen-bond donors (Lipinski definition) is 0. The highest BCUT2D eigenvalue weighted by Crippen LogP contribution is 2.08. The summed E-state index contributed by atoms with van der Waals surface area (Å²) in [7, 11) is 0. The molecular formula is C8H15NO3. The Morgan fingerprint density at radius 2 is 2.33 bits per heavy atom. The lowest BCUT2D eigenvalue weighted by Gasteiger charge is -2.23. The monoisotopic (exact) mass is 178 g/mol. The molecular weight excluding hydrogens is 158 g/mol. The first-order valence-corrected chi connectivity index (χ1v) is 3.31. The summed E-state index contributed by atoms with van der Waals surface area (Å²) in [6.45, 7) is -1.56. The van der Waals surface area contributed by atoms with Gasteiger partial charge in [0.2, 0.25) is 0 Å². The Morgan fingerprint density at radius 3 is 2.67 bits per heavy atom. The van der Waals surface area contributed by atoms with Gasteiger partial charge < -0.3 is 14.4 Å². The van der Waals surface area contributed by atoms with E-state index in [-0.39, 0.29) is 11.2 Å². The molecule has 0 fully saturated rings. The predicted octanol–water partition coefficient (Wildman–Crippen LogP) is 1.05. The van der Waals surface area contributed by atoms with Crippen molar-refractivity contribution in [2.75, 3.05) is 13.5 Å². The fourth-order valence-corrected chi connectivity index (χ4v) is 0.413. The van der Waals surface area contributed by atoms with Gasteiger partial charge in [0.05, 0.1) is 9.24 Å². The zero-order valence-electron chi connectivity index (χ0n) is 12.2. The molecule has 0 aromatic heterocycles. The molecule has 0 aliphatic carbocycles. The van der Waals surface area contributed by atoms with Crippen molar-refractivity contribution in [1.29, 1.82) is 0 Å². The van der Waals surface area contributed by atoms with Gasteiger partial charge in [-0.15, -0.1) is 0 Å². The molecule has 70 valence electrons. The summed E-state index contributed by atoms with van der Waals surface area (Å²) < 4.78 is 40.3. The Kier molecular flexibility index (Phi) is 1.65. The van der Waals surface area contributed by atoms with Crippen LogP contribution in [0.4, 0.5) is 4.79 Å². The standard InChI is InChI=1S/C8H15NO3/c1-8(2,3)12-7(11)9(4)5-6-10/h6H,5H2,1-4H3/i4D3,5D2. The summed E-state index contributed by atoms with van der Waals surface area (Å²) in [4.78, 5) is 21.9. The van der Waals surface area contributed by atoms with Crippen LogP contribution in [0, 0.1) is 0 Å². The van der Waals surface area contributed by atoms with Gasteiger partial charge in [-0.1, -0.05) is 0 Å². The summed E-state index contributed by atoms with van der Waals surface area (Å²) in [5.74, 6) is 0. The molecule has 1 amide bonds. The highest BCUT2D eigenvalue weighted by Gasteiger charge is 2.18. The predicted molar refractivity (Wildman–Crippen MR) is 44.9 cm³/mol. The molecule has 0 radical (unpaired) electrons. The molecule has 0 N–H and O–H groups in total. The van der Waals surface area contributed by atoms with E-state index in [0.717, 1.165) is 0 Å². The summed E-state index contributed by atoms with van der Waals surface area (Å²) >= 11 is 0. The Balaban J connectivity index is 5.24. The van der Waals surface area contributed by atoms with E-state index in [1.54, 1.807) is 0 Å². The number of carbonyl (C=O) groups excluding carboxylic acids is 2. The molecule has 0 aromatic rings. The highest BCUT2D eigenvalue weighted by molar-refractivity contribution is 5.71. The van der Waals surface area contributed by atoms with Crippen molar-refractivity contribution >= 4 is 12.4 Å². The van der Waals surface area contributed by atoms with Gasteiger partial charge >= 0.3 is 6.09 Å². The minimum Gasteiger partial charge on any atom is -0.444 e. The molecule has 0 bridgehead atoms. The largest absolute Gasteiger partial charge is 0.444 e. The Bertz CT molecular complexity index is 307. The number of ether oxygens (including phenoxy) is 1. The smallest absolute Gasteiger partial charge is 0.410 e. The van der Waals surface area contributed by atoms with Gasteiger partial charge in [-0.3, -0.25) is 0 Å². The second-order valence-corrected chi connectivity index (χ2v) is 3.06. The van der Waals surface area contributed by atoms with E-state index in [1.807, 2.05) is 0 Å². The molecule has 0 atom stereocenters. The Hall–Kier alpha value is -1.06. The van der Waals surface area contributed by atoms with Gasteiger partial charge in [0.25, 0.3) is 0 Å². The maximum atomic E-state index is 11.6. The van der Waals surface area contributed by atoms with Gasteiger partial charge in [-0.25, -0.2) is 4.79 Å². The molecule has 0 aliphatic heterocycles. The number of likely N-dealkylation sites (N-methyl/N-ethyl adjacent to an activating group) is 1. The Labute approximate surface area is 79.5 Å². The van der Waals surface area contributed by atoms with E-state index >= 15 is 0 Å². The number of amides is 1. The summed E-state index contributed by atoms with van der Waals surface area (Å²) in [6, 6.07) is 0. The van der Waals surface area contributed by atoms with Gasteiger partial charge in [0.1, 0.15) is 11.9 Å². The molecule has 0 spiro atoms. The van der Waals surface area contributed by atoms with E-state index in [9.17, 15) is 9.59 Å². The molecule has 12 heavy (non-hydrogen) atoms. The average molecular weight is 178 g/mol. The fraction of sp³-hybridized carbons (Fsp3) is 0.750. The van der Waals surface area contributed by atoms with Gasteiger partial charge in [0, 0.05) is 11.1 Å². The van der Waals surface area contributed by atoms with E-state index in [4.69, 9.17) is 11.6 Å². The fourth-order valence-electron chi connectivity index (χ4n) is 0.413. The van der Waals surface area contributed by atoms with Crippen LogP contribution < -0.4 is 0 Å². The number of nitrogens with zero attached hydrogens (tertiary/aromatic N) is 1. The number of carbonyl (C=O) groups is 2. The van der Waals surface area contributed by atoms with Crippen LogP contribution >= 0.6 is 0 Å². The van der Waals surface area contributed by atoms with Gasteiger partial charge in [-0.2, -0.15) is 0 Å². The molecule has 0 heterocycles. The minimum atomic E-state index is -3.10. The first-order chi connectivity index (χ1) is 7.31. The van der Waals surface area contributed by atoms with Gasteiger partial charge in [0.15, 0.2) is 0 Å². The van der Waals surface area contributed by atoms with Crippen molar-refractivity contribution in [3.05, 3.63) is 0 Å². The van der Waals surface area contributed by atoms with Crippen LogP contribution in [0.15, 0.2) is 0 Å². The van der Waals surface area contributed by atoms with E-state index in [1.165, 1.54) is 20.8 Å². The van der Waals surface area contributed by atoms with Crippen molar-refractivity contribution in [3.8, 4) is 0 Å². The zero-order valence-corrected chi connectivity index (χ0v) is 7.25. The first-order valence-electron chi connectivity index (χ1n) is 5.81. The third kappa shape index (κ3) is 4.71. The first kappa shape index (κ1) is 4.84. The topological polar surface area (TPSA) is 46.6 Å². The third-order valence-corrected chi connectivity index (χ3v) is 0.758. The third-order valence-electron chi connectivity index (χ3n) is 0.758. The molecule has 0 unspecified atom stereocenters. The van der Waals surface area contributed by atoms with E-state index in [0.29, 0.717) is 0 Å². The van der Waals surface area contributed by atoms with Crippen LogP contribution in [0.2, 0.25) is 0 Å². The molecule has 0 saturated heterocycles. The number of hydrogen-bond acceptors (Lipinski definition) is 3. The SMILES string of the molecule is [2H]C([2H])([2H])N(C(=O)OC(C)(C)C)C([2H])([2H])C=O. The minimum absolute atomic E-state index is 0.196. The van der Waals surface area contributed by atoms with Crippen LogP contribution in [0.1, 0.15) is 27.6 Å². The normalized spacial score (nSPS) is 19.1. The maximum Gasteiger partial charge on any atom is 0.410 e. The van der Waals surface area contributed by atoms with Crippen molar-refractivity contribution in [2.45, 2.75) is 26.4 Å². The van der Waals surface area contributed by atoms with Crippen molar-refractivity contribution in [2.24, 2.45) is 0 Å². The Morgan fingerprint density at radius 1 is 1.75 bits per heavy atom. The van der Waals surface area contributed by atoms with Gasteiger partial charge in [-0.05, 0) is 20.8 Å². The van der Waals surface area contributed by atoms with Crippen molar-refractivity contribution in [1.82, 2.24) is 4.90 Å². The lowest BCUT2D eigenvalue weighted by Crippen LogP contribution is -2.35. The molecule has 4 heteroatoms. The highest BCUT2D eigenvalue weighted by atomic mass is 16.6. The van der Waals surface area contributed by atoms with Crippen LogP contribution in [0.5, 0.6) is 0 Å². The second kappa shape index (κ2) is 4.09. The molecule has 4 nitrogen and oxygen atoms in total. The van der Waals surface area contributed by atoms with E-state index in [2.05, 4.69) is 0 Å². The summed E-state index contributed by atoms with van der Waals surface area (Å²) in [5, 5.41) is 0.